The van der Waals surface area contributed by atoms with Gasteiger partial charge in [-0.2, -0.15) is 0 Å². The van der Waals surface area contributed by atoms with E-state index in [-0.39, 0.29) is 5.91 Å². The number of amides is 1. The monoisotopic (exact) mass is 373 g/mol. The fourth-order valence-corrected chi connectivity index (χ4v) is 2.95. The van der Waals surface area contributed by atoms with Gasteiger partial charge in [0.15, 0.2) is 5.13 Å². The summed E-state index contributed by atoms with van der Waals surface area (Å²) in [6, 6.07) is 6.89. The Morgan fingerprint density at radius 2 is 2.35 bits per heavy atom. The Hall–Kier alpha value is -1.11. The van der Waals surface area contributed by atoms with Gasteiger partial charge >= 0.3 is 0 Å². The number of aromatic nitrogens is 1. The fourth-order valence-electron chi connectivity index (χ4n) is 1.59. The third-order valence-corrected chi connectivity index (χ3v) is 4.44. The van der Waals surface area contributed by atoms with Gasteiger partial charge in [-0.15, -0.1) is 0 Å². The number of rotatable bonds is 5. The van der Waals surface area contributed by atoms with Gasteiger partial charge in [0.05, 0.1) is 9.98 Å². The molecule has 0 saturated heterocycles. The van der Waals surface area contributed by atoms with Gasteiger partial charge in [0, 0.05) is 30.7 Å². The first-order chi connectivity index (χ1) is 9.56. The van der Waals surface area contributed by atoms with Crippen molar-refractivity contribution < 1.29 is 4.79 Å². The van der Waals surface area contributed by atoms with Crippen LogP contribution in [0.1, 0.15) is 10.4 Å². The van der Waals surface area contributed by atoms with Gasteiger partial charge in [-0.05, 0) is 34.1 Å². The predicted molar refractivity (Wildman–Crippen MR) is 86.9 cm³/mol. The molecule has 1 N–H and O–H groups in total. The molecular weight excluding hydrogens is 362 g/mol. The zero-order valence-corrected chi connectivity index (χ0v) is 13.9. The molecule has 106 valence electrons. The van der Waals surface area contributed by atoms with E-state index in [1.54, 1.807) is 41.8 Å². The lowest BCUT2D eigenvalue weighted by Gasteiger charge is -2.15. The Balaban J connectivity index is 1.82. The van der Waals surface area contributed by atoms with Gasteiger partial charge in [-0.3, -0.25) is 4.79 Å². The molecule has 0 aliphatic heterocycles. The minimum absolute atomic E-state index is 0.124. The quantitative estimate of drug-likeness (QED) is 0.872. The third-order valence-electron chi connectivity index (χ3n) is 2.61. The SMILES string of the molecule is CN(CCNC(=O)c1cccc(Cl)c1)c1ncc(Br)s1. The Morgan fingerprint density at radius 1 is 1.55 bits per heavy atom. The molecule has 0 unspecified atom stereocenters. The third kappa shape index (κ3) is 4.19. The first-order valence-corrected chi connectivity index (χ1v) is 7.91. The first kappa shape index (κ1) is 15.3. The average Bonchev–Trinajstić information content (AvgIpc) is 2.85. The van der Waals surface area contributed by atoms with E-state index in [1.807, 2.05) is 11.9 Å². The summed E-state index contributed by atoms with van der Waals surface area (Å²) in [5.41, 5.74) is 0.567. The smallest absolute Gasteiger partial charge is 0.251 e. The normalized spacial score (nSPS) is 10.3. The maximum atomic E-state index is 11.9. The number of anilines is 1. The molecule has 20 heavy (non-hydrogen) atoms. The lowest BCUT2D eigenvalue weighted by molar-refractivity contribution is 0.0954. The highest BCUT2D eigenvalue weighted by Crippen LogP contribution is 2.25. The molecule has 0 aliphatic rings. The summed E-state index contributed by atoms with van der Waals surface area (Å²) in [6.07, 6.45) is 1.76. The maximum absolute atomic E-state index is 11.9. The van der Waals surface area contributed by atoms with Crippen molar-refractivity contribution in [2.75, 3.05) is 25.0 Å². The van der Waals surface area contributed by atoms with Crippen LogP contribution >= 0.6 is 38.9 Å². The summed E-state index contributed by atoms with van der Waals surface area (Å²) in [5, 5.41) is 4.33. The van der Waals surface area contributed by atoms with Crippen LogP contribution in [0.2, 0.25) is 5.02 Å². The minimum atomic E-state index is -0.124. The largest absolute Gasteiger partial charge is 0.350 e. The van der Waals surface area contributed by atoms with E-state index in [9.17, 15) is 4.79 Å². The lowest BCUT2D eigenvalue weighted by Crippen LogP contribution is -2.32. The predicted octanol–water partition coefficient (Wildman–Crippen LogP) is 3.43. The van der Waals surface area contributed by atoms with Crippen molar-refractivity contribution in [3.8, 4) is 0 Å². The van der Waals surface area contributed by atoms with Crippen molar-refractivity contribution >= 4 is 49.9 Å². The molecule has 1 aromatic carbocycles. The van der Waals surface area contributed by atoms with Crippen molar-refractivity contribution in [1.82, 2.24) is 10.3 Å². The van der Waals surface area contributed by atoms with Crippen molar-refractivity contribution in [2.45, 2.75) is 0 Å². The van der Waals surface area contributed by atoms with E-state index >= 15 is 0 Å². The van der Waals surface area contributed by atoms with Gasteiger partial charge in [-0.1, -0.05) is 29.0 Å². The summed E-state index contributed by atoms with van der Waals surface area (Å²) < 4.78 is 0.988. The van der Waals surface area contributed by atoms with Gasteiger partial charge in [0.1, 0.15) is 0 Å². The van der Waals surface area contributed by atoms with Crippen LogP contribution in [0.15, 0.2) is 34.2 Å². The molecule has 0 bridgehead atoms. The highest BCUT2D eigenvalue weighted by molar-refractivity contribution is 9.11. The molecule has 0 saturated carbocycles. The minimum Gasteiger partial charge on any atom is -0.350 e. The molecule has 0 atom stereocenters. The van der Waals surface area contributed by atoms with Crippen LogP contribution in [0.4, 0.5) is 5.13 Å². The van der Waals surface area contributed by atoms with Crippen LogP contribution in [0.25, 0.3) is 0 Å². The van der Waals surface area contributed by atoms with Crippen LogP contribution in [-0.4, -0.2) is 31.0 Å². The Kier molecular flexibility index (Phi) is 5.39. The molecule has 0 fully saturated rings. The highest BCUT2D eigenvalue weighted by Gasteiger charge is 2.08. The molecule has 7 heteroatoms. The van der Waals surface area contributed by atoms with E-state index < -0.39 is 0 Å². The summed E-state index contributed by atoms with van der Waals surface area (Å²) >= 11 is 10.8. The van der Waals surface area contributed by atoms with Crippen molar-refractivity contribution in [2.24, 2.45) is 0 Å². The summed E-state index contributed by atoms with van der Waals surface area (Å²) in [5.74, 6) is -0.124. The number of hydrogen-bond donors (Lipinski definition) is 1. The van der Waals surface area contributed by atoms with Crippen LogP contribution in [-0.2, 0) is 0 Å². The summed E-state index contributed by atoms with van der Waals surface area (Å²) in [6.45, 7) is 1.23. The Bertz CT molecular complexity index is 605. The Morgan fingerprint density at radius 3 is 3.00 bits per heavy atom. The zero-order valence-electron chi connectivity index (χ0n) is 10.8. The number of hydrogen-bond acceptors (Lipinski definition) is 4. The number of thiazole rings is 1. The lowest BCUT2D eigenvalue weighted by atomic mass is 10.2. The first-order valence-electron chi connectivity index (χ1n) is 5.92. The van der Waals surface area contributed by atoms with Gasteiger partial charge in [-0.25, -0.2) is 4.98 Å². The van der Waals surface area contributed by atoms with Crippen LogP contribution in [0.3, 0.4) is 0 Å². The second-order valence-electron chi connectivity index (χ2n) is 4.13. The fraction of sp³-hybridized carbons (Fsp3) is 0.231. The van der Waals surface area contributed by atoms with E-state index in [4.69, 9.17) is 11.6 Å². The number of nitrogens with zero attached hydrogens (tertiary/aromatic N) is 2. The van der Waals surface area contributed by atoms with E-state index in [2.05, 4.69) is 26.2 Å². The Labute approximate surface area is 134 Å². The summed E-state index contributed by atoms with van der Waals surface area (Å²) in [4.78, 5) is 18.2. The van der Waals surface area contributed by atoms with Crippen LogP contribution < -0.4 is 10.2 Å². The average molecular weight is 375 g/mol. The van der Waals surface area contributed by atoms with Gasteiger partial charge < -0.3 is 10.2 Å². The van der Waals surface area contributed by atoms with Gasteiger partial charge in [0.2, 0.25) is 0 Å². The molecule has 2 rings (SSSR count). The molecule has 1 amide bonds. The van der Waals surface area contributed by atoms with Crippen LogP contribution in [0, 0.1) is 0 Å². The molecule has 2 aromatic rings. The topological polar surface area (TPSA) is 45.2 Å². The van der Waals surface area contributed by atoms with Crippen molar-refractivity contribution in [3.05, 3.63) is 44.8 Å². The molecule has 0 radical (unpaired) electrons. The number of carbonyl (C=O) groups excluding carboxylic acids is 1. The van der Waals surface area contributed by atoms with E-state index in [0.717, 1.165) is 8.92 Å². The molecule has 0 aliphatic carbocycles. The van der Waals surface area contributed by atoms with Gasteiger partial charge in [0.25, 0.3) is 5.91 Å². The second-order valence-corrected chi connectivity index (χ2v) is 6.96. The molecule has 0 spiro atoms. The van der Waals surface area contributed by atoms with Crippen molar-refractivity contribution in [3.63, 3.8) is 0 Å². The molecule has 1 heterocycles. The van der Waals surface area contributed by atoms with Crippen LogP contribution in [0.5, 0.6) is 0 Å². The van der Waals surface area contributed by atoms with E-state index in [1.165, 1.54) is 0 Å². The summed E-state index contributed by atoms with van der Waals surface area (Å²) in [7, 11) is 1.94. The maximum Gasteiger partial charge on any atom is 0.251 e. The number of likely N-dealkylation sites (N-methyl/N-ethyl adjacent to an activating group) is 1. The second kappa shape index (κ2) is 7.06. The highest BCUT2D eigenvalue weighted by atomic mass is 79.9. The molecular formula is C13H13BrClN3OS. The molecule has 1 aromatic heterocycles. The number of benzene rings is 1. The standard InChI is InChI=1S/C13H13BrClN3OS/c1-18(13-17-8-11(14)20-13)6-5-16-12(19)9-3-2-4-10(15)7-9/h2-4,7-8H,5-6H2,1H3,(H,16,19). The number of halogens is 2. The number of carbonyl (C=O) groups is 1. The zero-order chi connectivity index (χ0) is 14.5. The number of nitrogens with one attached hydrogen (secondary N) is 1. The molecule has 4 nitrogen and oxygen atoms in total. The van der Waals surface area contributed by atoms with Crippen molar-refractivity contribution in [1.29, 1.82) is 0 Å². The van der Waals surface area contributed by atoms with E-state index in [0.29, 0.717) is 23.7 Å².